The van der Waals surface area contributed by atoms with E-state index < -0.39 is 5.82 Å². The van der Waals surface area contributed by atoms with Gasteiger partial charge in [-0.3, -0.25) is 9.36 Å². The number of hydrogen-bond acceptors (Lipinski definition) is 6. The molecule has 39 heavy (non-hydrogen) atoms. The summed E-state index contributed by atoms with van der Waals surface area (Å²) in [7, 11) is 1.43. The molecule has 0 atom stereocenters. The van der Waals surface area contributed by atoms with Crippen LogP contribution in [0.4, 0.5) is 10.1 Å². The number of amides is 1. The quantitative estimate of drug-likeness (QED) is 0.281. The summed E-state index contributed by atoms with van der Waals surface area (Å²) in [4.78, 5) is 17.1. The van der Waals surface area contributed by atoms with E-state index in [1.165, 1.54) is 19.2 Å². The van der Waals surface area contributed by atoms with E-state index in [1.54, 1.807) is 12.4 Å². The number of benzene rings is 3. The third kappa shape index (κ3) is 5.83. The van der Waals surface area contributed by atoms with Crippen molar-refractivity contribution in [2.75, 3.05) is 38.7 Å². The van der Waals surface area contributed by atoms with Crippen molar-refractivity contribution >= 4 is 22.6 Å². The van der Waals surface area contributed by atoms with Gasteiger partial charge < -0.3 is 24.8 Å². The first-order chi connectivity index (χ1) is 19.0. The van der Waals surface area contributed by atoms with Crippen molar-refractivity contribution in [2.45, 2.75) is 26.7 Å². The number of carbonyl (C=O) groups is 1. The topological polar surface area (TPSA) is 86.6 Å². The van der Waals surface area contributed by atoms with Crippen molar-refractivity contribution in [3.63, 3.8) is 0 Å². The lowest BCUT2D eigenvalue weighted by Gasteiger charge is -2.23. The maximum absolute atomic E-state index is 14.4. The lowest BCUT2D eigenvalue weighted by Crippen LogP contribution is -2.23. The summed E-state index contributed by atoms with van der Waals surface area (Å²) in [5.41, 5.74) is 4.80. The minimum absolute atomic E-state index is 0.0981. The number of carbonyl (C=O) groups excluding carboxylic acids is 1. The van der Waals surface area contributed by atoms with Crippen molar-refractivity contribution in [3.05, 3.63) is 71.8 Å². The zero-order valence-electron chi connectivity index (χ0n) is 22.4. The Morgan fingerprint density at radius 3 is 2.67 bits per heavy atom. The van der Waals surface area contributed by atoms with Crippen LogP contribution in [0.25, 0.3) is 16.7 Å². The molecule has 2 N–H and O–H groups in total. The average Bonchev–Trinajstić information content (AvgIpc) is 3.36. The Hall–Kier alpha value is -4.11. The standard InChI is InChI=1S/C30H33FN4O4/c1-4-32-30(36)24-7-5-21(13-19(24)2)35-18-34-29-26(33-17-20-9-11-38-12-10-20)15-23(16-27(29)35)39-22-6-8-28(37-3)25(31)14-22/h5-8,13-16,18,20,33H,4,9-12,17H2,1-3H3,(H,32,36). The fourth-order valence-corrected chi connectivity index (χ4v) is 4.85. The fourth-order valence-electron chi connectivity index (χ4n) is 4.85. The Balaban J connectivity index is 1.52. The molecule has 0 unspecified atom stereocenters. The number of rotatable bonds is 9. The third-order valence-electron chi connectivity index (χ3n) is 6.98. The van der Waals surface area contributed by atoms with Gasteiger partial charge in [-0.05, 0) is 68.5 Å². The number of anilines is 1. The van der Waals surface area contributed by atoms with Crippen LogP contribution in [0.2, 0.25) is 0 Å². The van der Waals surface area contributed by atoms with Crippen LogP contribution in [0.3, 0.4) is 0 Å². The van der Waals surface area contributed by atoms with Crippen LogP contribution < -0.4 is 20.1 Å². The normalized spacial score (nSPS) is 13.8. The van der Waals surface area contributed by atoms with Crippen molar-refractivity contribution in [2.24, 2.45) is 5.92 Å². The van der Waals surface area contributed by atoms with E-state index in [-0.39, 0.29) is 11.7 Å². The van der Waals surface area contributed by atoms with E-state index in [9.17, 15) is 9.18 Å². The van der Waals surface area contributed by atoms with Gasteiger partial charge >= 0.3 is 0 Å². The third-order valence-corrected chi connectivity index (χ3v) is 6.98. The van der Waals surface area contributed by atoms with E-state index in [0.29, 0.717) is 29.5 Å². The van der Waals surface area contributed by atoms with Gasteiger partial charge in [0.2, 0.25) is 0 Å². The zero-order valence-corrected chi connectivity index (χ0v) is 22.4. The highest BCUT2D eigenvalue weighted by atomic mass is 19.1. The molecule has 4 aromatic rings. The molecule has 1 aromatic heterocycles. The summed E-state index contributed by atoms with van der Waals surface area (Å²) in [5.74, 6) is 0.956. The number of halogens is 1. The van der Waals surface area contributed by atoms with Crippen LogP contribution in [0.5, 0.6) is 17.2 Å². The molecular weight excluding hydrogens is 499 g/mol. The molecule has 0 saturated carbocycles. The molecule has 2 heterocycles. The molecule has 9 heteroatoms. The minimum Gasteiger partial charge on any atom is -0.494 e. The number of aryl methyl sites for hydroxylation is 1. The van der Waals surface area contributed by atoms with Gasteiger partial charge in [0, 0.05) is 55.8 Å². The van der Waals surface area contributed by atoms with Gasteiger partial charge in [-0.15, -0.1) is 0 Å². The Kier molecular flexibility index (Phi) is 7.97. The number of nitrogens with zero attached hydrogens (tertiary/aromatic N) is 2. The largest absolute Gasteiger partial charge is 0.494 e. The van der Waals surface area contributed by atoms with Gasteiger partial charge in [0.05, 0.1) is 18.3 Å². The molecule has 1 amide bonds. The van der Waals surface area contributed by atoms with E-state index in [0.717, 1.165) is 60.6 Å². The number of imidazole rings is 1. The lowest BCUT2D eigenvalue weighted by atomic mass is 10.0. The summed E-state index contributed by atoms with van der Waals surface area (Å²) in [6, 6.07) is 14.0. The van der Waals surface area contributed by atoms with Crippen LogP contribution in [0.15, 0.2) is 54.9 Å². The maximum atomic E-state index is 14.4. The molecular formula is C30H33FN4O4. The average molecular weight is 533 g/mol. The molecule has 0 spiro atoms. The Morgan fingerprint density at radius 2 is 1.95 bits per heavy atom. The molecule has 0 bridgehead atoms. The van der Waals surface area contributed by atoms with E-state index in [1.807, 2.05) is 48.7 Å². The predicted molar refractivity (Wildman–Crippen MR) is 149 cm³/mol. The smallest absolute Gasteiger partial charge is 0.251 e. The minimum atomic E-state index is -0.498. The summed E-state index contributed by atoms with van der Waals surface area (Å²) in [5, 5.41) is 6.42. The molecule has 204 valence electrons. The number of nitrogens with one attached hydrogen (secondary N) is 2. The van der Waals surface area contributed by atoms with Gasteiger partial charge in [-0.25, -0.2) is 9.37 Å². The second-order valence-electron chi connectivity index (χ2n) is 9.65. The highest BCUT2D eigenvalue weighted by Gasteiger charge is 2.18. The van der Waals surface area contributed by atoms with Gasteiger partial charge in [-0.2, -0.15) is 0 Å². The Bertz CT molecular complexity index is 1480. The first-order valence-electron chi connectivity index (χ1n) is 13.2. The van der Waals surface area contributed by atoms with Crippen LogP contribution in [-0.4, -0.2) is 48.9 Å². The molecule has 1 aliphatic heterocycles. The number of ether oxygens (including phenoxy) is 3. The van der Waals surface area contributed by atoms with E-state index in [2.05, 4.69) is 10.6 Å². The molecule has 8 nitrogen and oxygen atoms in total. The van der Waals surface area contributed by atoms with Gasteiger partial charge in [0.25, 0.3) is 5.91 Å². The van der Waals surface area contributed by atoms with Crippen LogP contribution >= 0.6 is 0 Å². The lowest BCUT2D eigenvalue weighted by molar-refractivity contribution is 0.0699. The Labute approximate surface area is 227 Å². The highest BCUT2D eigenvalue weighted by Crippen LogP contribution is 2.34. The van der Waals surface area contributed by atoms with Crippen LogP contribution in [0, 0.1) is 18.7 Å². The van der Waals surface area contributed by atoms with Crippen molar-refractivity contribution < 1.29 is 23.4 Å². The van der Waals surface area contributed by atoms with E-state index in [4.69, 9.17) is 19.2 Å². The van der Waals surface area contributed by atoms with Crippen LogP contribution in [-0.2, 0) is 4.74 Å². The predicted octanol–water partition coefficient (Wildman–Crippen LogP) is 5.86. The summed E-state index contributed by atoms with van der Waals surface area (Å²) < 4.78 is 33.0. The maximum Gasteiger partial charge on any atom is 0.251 e. The molecule has 0 radical (unpaired) electrons. The summed E-state index contributed by atoms with van der Waals surface area (Å²) in [6.07, 6.45) is 3.77. The molecule has 1 aliphatic rings. The first kappa shape index (κ1) is 26.5. The molecule has 1 fully saturated rings. The summed E-state index contributed by atoms with van der Waals surface area (Å²) in [6.45, 7) is 6.71. The van der Waals surface area contributed by atoms with Crippen molar-refractivity contribution in [1.29, 1.82) is 0 Å². The van der Waals surface area contributed by atoms with Crippen molar-refractivity contribution in [3.8, 4) is 22.9 Å². The SMILES string of the molecule is CCNC(=O)c1ccc(-n2cnc3c(NCC4CCOCC4)cc(Oc4ccc(OC)c(F)c4)cc32)cc1C. The first-order valence-corrected chi connectivity index (χ1v) is 13.2. The van der Waals surface area contributed by atoms with E-state index >= 15 is 0 Å². The Morgan fingerprint density at radius 1 is 1.13 bits per heavy atom. The second kappa shape index (κ2) is 11.7. The molecule has 5 rings (SSSR count). The molecule has 3 aromatic carbocycles. The second-order valence-corrected chi connectivity index (χ2v) is 9.65. The van der Waals surface area contributed by atoms with Crippen molar-refractivity contribution in [1.82, 2.24) is 14.9 Å². The molecule has 1 saturated heterocycles. The van der Waals surface area contributed by atoms with Gasteiger partial charge in [0.15, 0.2) is 11.6 Å². The number of methoxy groups -OCH3 is 1. The zero-order chi connectivity index (χ0) is 27.4. The van der Waals surface area contributed by atoms with Gasteiger partial charge in [0.1, 0.15) is 23.3 Å². The van der Waals surface area contributed by atoms with Crippen LogP contribution in [0.1, 0.15) is 35.7 Å². The number of hydrogen-bond donors (Lipinski definition) is 2. The summed E-state index contributed by atoms with van der Waals surface area (Å²) >= 11 is 0. The monoisotopic (exact) mass is 532 g/mol. The highest BCUT2D eigenvalue weighted by molar-refractivity contribution is 5.96. The number of fused-ring (bicyclic) bond motifs is 1. The fraction of sp³-hybridized carbons (Fsp3) is 0.333. The van der Waals surface area contributed by atoms with Gasteiger partial charge in [-0.1, -0.05) is 0 Å². The molecule has 0 aliphatic carbocycles. The number of aromatic nitrogens is 2.